The number of hydrogen-bond donors (Lipinski definition) is 1. The second-order valence-corrected chi connectivity index (χ2v) is 5.07. The normalized spacial score (nSPS) is 14.7. The minimum atomic E-state index is -0.153. The number of hydrogen-bond acceptors (Lipinski definition) is 5. The fraction of sp³-hybridized carbons (Fsp3) is 0.400. The molecule has 1 aromatic heterocycles. The maximum Gasteiger partial charge on any atom is 0.218 e. The lowest BCUT2D eigenvalue weighted by atomic mass is 10.1. The number of carbonyl (C=O) groups excluding carboxylic acids is 1. The number of nitrogens with one attached hydrogen (secondary N) is 1. The van der Waals surface area contributed by atoms with Gasteiger partial charge in [0.05, 0.1) is 24.4 Å². The Morgan fingerprint density at radius 2 is 2.24 bits per heavy atom. The van der Waals surface area contributed by atoms with Crippen LogP contribution in [0.25, 0.3) is 0 Å². The van der Waals surface area contributed by atoms with Crippen LogP contribution in [0.5, 0.6) is 5.75 Å². The molecule has 0 radical (unpaired) electrons. The SMILES string of the molecule is CCCOc1ccccc1C(=O)c1cn(C2CNC2)nn1. The van der Waals surface area contributed by atoms with Crippen molar-refractivity contribution in [1.82, 2.24) is 20.3 Å². The molecule has 0 bridgehead atoms. The zero-order chi connectivity index (χ0) is 14.7. The Balaban J connectivity index is 1.82. The van der Waals surface area contributed by atoms with Crippen molar-refractivity contribution in [1.29, 1.82) is 0 Å². The van der Waals surface area contributed by atoms with Gasteiger partial charge >= 0.3 is 0 Å². The summed E-state index contributed by atoms with van der Waals surface area (Å²) in [4.78, 5) is 12.6. The molecule has 0 unspecified atom stereocenters. The summed E-state index contributed by atoms with van der Waals surface area (Å²) in [7, 11) is 0. The van der Waals surface area contributed by atoms with Gasteiger partial charge in [0.25, 0.3) is 0 Å². The van der Waals surface area contributed by atoms with Crippen molar-refractivity contribution < 1.29 is 9.53 Å². The molecule has 6 heteroatoms. The number of ether oxygens (including phenoxy) is 1. The van der Waals surface area contributed by atoms with Crippen LogP contribution in [0.1, 0.15) is 35.4 Å². The van der Waals surface area contributed by atoms with E-state index in [4.69, 9.17) is 4.74 Å². The number of benzene rings is 1. The lowest BCUT2D eigenvalue weighted by Gasteiger charge is -2.26. The van der Waals surface area contributed by atoms with Crippen LogP contribution in [-0.2, 0) is 0 Å². The number of nitrogens with zero attached hydrogens (tertiary/aromatic N) is 3. The van der Waals surface area contributed by atoms with E-state index in [-0.39, 0.29) is 5.78 Å². The summed E-state index contributed by atoms with van der Waals surface area (Å²) >= 11 is 0. The van der Waals surface area contributed by atoms with E-state index in [1.807, 2.05) is 25.1 Å². The van der Waals surface area contributed by atoms with Crippen molar-refractivity contribution in [3.05, 3.63) is 41.7 Å². The molecule has 0 amide bonds. The lowest BCUT2D eigenvalue weighted by Crippen LogP contribution is -2.43. The van der Waals surface area contributed by atoms with E-state index in [1.54, 1.807) is 16.9 Å². The fourth-order valence-electron chi connectivity index (χ4n) is 2.15. The predicted octanol–water partition coefficient (Wildman–Crippen LogP) is 1.44. The lowest BCUT2D eigenvalue weighted by molar-refractivity contribution is 0.103. The number of rotatable bonds is 6. The van der Waals surface area contributed by atoms with Gasteiger partial charge in [-0.3, -0.25) is 4.79 Å². The Morgan fingerprint density at radius 3 is 2.95 bits per heavy atom. The molecule has 1 saturated heterocycles. The minimum Gasteiger partial charge on any atom is -0.493 e. The first kappa shape index (κ1) is 13.8. The van der Waals surface area contributed by atoms with E-state index in [9.17, 15) is 4.79 Å². The molecule has 6 nitrogen and oxygen atoms in total. The van der Waals surface area contributed by atoms with Gasteiger partial charge in [0.2, 0.25) is 5.78 Å². The Morgan fingerprint density at radius 1 is 1.43 bits per heavy atom. The van der Waals surface area contributed by atoms with E-state index in [2.05, 4.69) is 15.6 Å². The van der Waals surface area contributed by atoms with E-state index in [0.29, 0.717) is 29.7 Å². The zero-order valence-corrected chi connectivity index (χ0v) is 12.0. The summed E-state index contributed by atoms with van der Waals surface area (Å²) in [5.41, 5.74) is 0.888. The van der Waals surface area contributed by atoms with Crippen LogP contribution in [0.15, 0.2) is 30.5 Å². The van der Waals surface area contributed by atoms with Crippen molar-refractivity contribution in [2.75, 3.05) is 19.7 Å². The Bertz CT molecular complexity index is 634. The van der Waals surface area contributed by atoms with E-state index in [1.165, 1.54) is 0 Å². The first-order valence-electron chi connectivity index (χ1n) is 7.18. The molecule has 3 rings (SSSR count). The smallest absolute Gasteiger partial charge is 0.218 e. The zero-order valence-electron chi connectivity index (χ0n) is 12.0. The quantitative estimate of drug-likeness (QED) is 0.814. The topological polar surface area (TPSA) is 69.0 Å². The molecular formula is C15H18N4O2. The van der Waals surface area contributed by atoms with E-state index >= 15 is 0 Å². The van der Waals surface area contributed by atoms with Gasteiger partial charge in [-0.1, -0.05) is 24.3 Å². The molecule has 2 heterocycles. The monoisotopic (exact) mass is 286 g/mol. The highest BCUT2D eigenvalue weighted by atomic mass is 16.5. The van der Waals surface area contributed by atoms with Crippen LogP contribution < -0.4 is 10.1 Å². The molecule has 1 fully saturated rings. The van der Waals surface area contributed by atoms with Gasteiger partial charge < -0.3 is 10.1 Å². The van der Waals surface area contributed by atoms with Gasteiger partial charge in [-0.05, 0) is 18.6 Å². The van der Waals surface area contributed by atoms with Gasteiger partial charge in [0.15, 0.2) is 5.69 Å². The first-order valence-corrected chi connectivity index (χ1v) is 7.18. The van der Waals surface area contributed by atoms with Gasteiger partial charge in [-0.25, -0.2) is 4.68 Å². The summed E-state index contributed by atoms with van der Waals surface area (Å²) in [5, 5.41) is 11.2. The van der Waals surface area contributed by atoms with Gasteiger partial charge in [0, 0.05) is 13.1 Å². The van der Waals surface area contributed by atoms with Crippen molar-refractivity contribution in [2.45, 2.75) is 19.4 Å². The number of ketones is 1. The molecule has 1 aliphatic rings. The number of para-hydroxylation sites is 1. The second-order valence-electron chi connectivity index (χ2n) is 5.07. The molecule has 0 spiro atoms. The summed E-state index contributed by atoms with van der Waals surface area (Å²) in [6.45, 7) is 4.35. The van der Waals surface area contributed by atoms with Crippen molar-refractivity contribution in [3.63, 3.8) is 0 Å². The highest BCUT2D eigenvalue weighted by Crippen LogP contribution is 2.21. The van der Waals surface area contributed by atoms with E-state index < -0.39 is 0 Å². The summed E-state index contributed by atoms with van der Waals surface area (Å²) in [6.07, 6.45) is 2.61. The van der Waals surface area contributed by atoms with Crippen molar-refractivity contribution >= 4 is 5.78 Å². The van der Waals surface area contributed by atoms with Gasteiger partial charge in [-0.15, -0.1) is 5.10 Å². The van der Waals surface area contributed by atoms with Crippen LogP contribution in [0.4, 0.5) is 0 Å². The van der Waals surface area contributed by atoms with Crippen LogP contribution in [0, 0.1) is 0 Å². The third-order valence-electron chi connectivity index (χ3n) is 3.47. The maximum absolute atomic E-state index is 12.6. The highest BCUT2D eigenvalue weighted by Gasteiger charge is 2.23. The summed E-state index contributed by atoms with van der Waals surface area (Å²) in [5.74, 6) is 0.449. The molecule has 0 saturated carbocycles. The summed E-state index contributed by atoms with van der Waals surface area (Å²) < 4.78 is 7.38. The molecule has 0 aliphatic carbocycles. The molecule has 1 N–H and O–H groups in total. The molecular weight excluding hydrogens is 268 g/mol. The largest absolute Gasteiger partial charge is 0.493 e. The molecule has 2 aromatic rings. The van der Waals surface area contributed by atoms with E-state index in [0.717, 1.165) is 19.5 Å². The highest BCUT2D eigenvalue weighted by molar-refractivity contribution is 6.09. The number of aromatic nitrogens is 3. The molecule has 110 valence electrons. The minimum absolute atomic E-state index is 0.153. The summed E-state index contributed by atoms with van der Waals surface area (Å²) in [6, 6.07) is 7.55. The second kappa shape index (κ2) is 6.05. The first-order chi connectivity index (χ1) is 10.3. The maximum atomic E-state index is 12.6. The Labute approximate surface area is 123 Å². The van der Waals surface area contributed by atoms with Crippen LogP contribution in [0.3, 0.4) is 0 Å². The van der Waals surface area contributed by atoms with Crippen LogP contribution >= 0.6 is 0 Å². The van der Waals surface area contributed by atoms with Crippen LogP contribution in [-0.4, -0.2) is 40.5 Å². The fourth-order valence-corrected chi connectivity index (χ4v) is 2.15. The van der Waals surface area contributed by atoms with Crippen molar-refractivity contribution in [3.8, 4) is 5.75 Å². The van der Waals surface area contributed by atoms with Crippen molar-refractivity contribution in [2.24, 2.45) is 0 Å². The number of carbonyl (C=O) groups is 1. The average molecular weight is 286 g/mol. The average Bonchev–Trinajstić information content (AvgIpc) is 2.92. The third kappa shape index (κ3) is 2.80. The standard InChI is InChI=1S/C15H18N4O2/c1-2-7-21-14-6-4-3-5-12(14)15(20)13-10-19(18-17-13)11-8-16-9-11/h3-6,10-11,16H,2,7-9H2,1H3. The Hall–Kier alpha value is -2.21. The van der Waals surface area contributed by atoms with Crippen LogP contribution in [0.2, 0.25) is 0 Å². The predicted molar refractivity (Wildman–Crippen MR) is 77.6 cm³/mol. The van der Waals surface area contributed by atoms with Gasteiger partial charge in [-0.2, -0.15) is 0 Å². The molecule has 0 atom stereocenters. The third-order valence-corrected chi connectivity index (χ3v) is 3.47. The molecule has 1 aromatic carbocycles. The van der Waals surface area contributed by atoms with Gasteiger partial charge in [0.1, 0.15) is 5.75 Å². The Kier molecular flexibility index (Phi) is 3.96. The molecule has 1 aliphatic heterocycles. The molecule has 21 heavy (non-hydrogen) atoms.